The van der Waals surface area contributed by atoms with E-state index in [1.807, 2.05) is 13.0 Å². The minimum absolute atomic E-state index is 0.0974. The molecule has 1 aliphatic heterocycles. The van der Waals surface area contributed by atoms with Crippen molar-refractivity contribution in [3.63, 3.8) is 0 Å². The van der Waals surface area contributed by atoms with Gasteiger partial charge in [-0.2, -0.15) is 0 Å². The van der Waals surface area contributed by atoms with Crippen molar-refractivity contribution >= 4 is 22.8 Å². The first kappa shape index (κ1) is 30.8. The highest BCUT2D eigenvalue weighted by Crippen LogP contribution is 2.32. The van der Waals surface area contributed by atoms with Crippen LogP contribution in [0.5, 0.6) is 17.2 Å². The van der Waals surface area contributed by atoms with Crippen molar-refractivity contribution in [1.29, 1.82) is 0 Å². The van der Waals surface area contributed by atoms with Crippen molar-refractivity contribution in [3.05, 3.63) is 63.4 Å². The second-order valence-electron chi connectivity index (χ2n) is 10.1. The summed E-state index contributed by atoms with van der Waals surface area (Å²) in [4.78, 5) is 39.9. The van der Waals surface area contributed by atoms with Crippen LogP contribution in [0.1, 0.15) is 47.7 Å². The predicted molar refractivity (Wildman–Crippen MR) is 149 cm³/mol. The molecule has 1 saturated heterocycles. The summed E-state index contributed by atoms with van der Waals surface area (Å²) in [5, 5.41) is 52.7. The van der Waals surface area contributed by atoms with Crippen LogP contribution >= 0.6 is 0 Å². The lowest BCUT2D eigenvalue weighted by atomic mass is 9.99. The number of aliphatic hydroxyl groups is 3. The molecule has 2 aromatic carbocycles. The largest absolute Gasteiger partial charge is 0.504 e. The van der Waals surface area contributed by atoms with Crippen LogP contribution in [0.15, 0.2) is 41.2 Å². The van der Waals surface area contributed by atoms with Gasteiger partial charge in [-0.1, -0.05) is 38.0 Å². The third kappa shape index (κ3) is 6.65. The number of aromatic hydroxyl groups is 1. The number of hydrogen-bond donors (Lipinski definition) is 7. The molecular formula is C29H34N2O11. The molecule has 0 aliphatic carbocycles. The van der Waals surface area contributed by atoms with Crippen molar-refractivity contribution < 1.29 is 49.3 Å². The average molecular weight is 587 g/mol. The molecule has 4 rings (SSSR count). The van der Waals surface area contributed by atoms with Crippen LogP contribution in [0.25, 0.3) is 10.9 Å². The Morgan fingerprint density at radius 1 is 1.05 bits per heavy atom. The maximum Gasteiger partial charge on any atom is 0.335 e. The summed E-state index contributed by atoms with van der Waals surface area (Å²) in [6.07, 6.45) is -6.29. The van der Waals surface area contributed by atoms with E-state index in [0.29, 0.717) is 28.8 Å². The molecule has 0 radical (unpaired) electrons. The van der Waals surface area contributed by atoms with Crippen LogP contribution in [0.2, 0.25) is 0 Å². The van der Waals surface area contributed by atoms with Gasteiger partial charge in [-0.05, 0) is 42.7 Å². The lowest BCUT2D eigenvalue weighted by Gasteiger charge is -2.38. The lowest BCUT2D eigenvalue weighted by molar-refractivity contribution is -0.271. The Balaban J connectivity index is 1.47. The quantitative estimate of drug-likeness (QED) is 0.159. The third-order valence-corrected chi connectivity index (χ3v) is 6.94. The minimum atomic E-state index is -1.90. The summed E-state index contributed by atoms with van der Waals surface area (Å²) in [7, 11) is 0. The number of rotatable bonds is 11. The Morgan fingerprint density at radius 3 is 2.52 bits per heavy atom. The van der Waals surface area contributed by atoms with Gasteiger partial charge in [0.15, 0.2) is 17.6 Å². The number of phenols is 1. The van der Waals surface area contributed by atoms with Crippen LogP contribution in [-0.4, -0.2) is 79.7 Å². The van der Waals surface area contributed by atoms with Gasteiger partial charge in [0.2, 0.25) is 6.29 Å². The van der Waals surface area contributed by atoms with Crippen molar-refractivity contribution in [2.45, 2.75) is 70.4 Å². The van der Waals surface area contributed by atoms with Gasteiger partial charge in [-0.15, -0.1) is 0 Å². The number of carbonyl (C=O) groups is 2. The maximum absolute atomic E-state index is 13.0. The van der Waals surface area contributed by atoms with Gasteiger partial charge in [0.05, 0.1) is 12.1 Å². The van der Waals surface area contributed by atoms with Gasteiger partial charge in [-0.3, -0.25) is 9.59 Å². The Hall–Kier alpha value is -4.17. The number of H-pyrrole nitrogens is 1. The van der Waals surface area contributed by atoms with E-state index in [-0.39, 0.29) is 17.9 Å². The van der Waals surface area contributed by atoms with Gasteiger partial charge in [0.25, 0.3) is 11.5 Å². The number of carboxylic acids is 1. The molecule has 226 valence electrons. The summed E-state index contributed by atoms with van der Waals surface area (Å²) in [6, 6.07) is 9.11. The first-order chi connectivity index (χ1) is 20.0. The van der Waals surface area contributed by atoms with E-state index < -0.39 is 53.9 Å². The van der Waals surface area contributed by atoms with E-state index in [1.165, 1.54) is 24.3 Å². The molecule has 2 unspecified atom stereocenters. The fourth-order valence-corrected chi connectivity index (χ4v) is 4.55. The Labute approximate surface area is 240 Å². The number of aliphatic carboxylic acids is 1. The highest BCUT2D eigenvalue weighted by Gasteiger charge is 2.48. The molecule has 1 fully saturated rings. The number of ether oxygens (including phenoxy) is 3. The molecule has 5 atom stereocenters. The normalized spacial score (nSPS) is 22.1. The third-order valence-electron chi connectivity index (χ3n) is 6.94. The zero-order valence-electron chi connectivity index (χ0n) is 23.1. The van der Waals surface area contributed by atoms with Gasteiger partial charge in [0.1, 0.15) is 29.6 Å². The molecular weight excluding hydrogens is 552 g/mol. The van der Waals surface area contributed by atoms with Crippen LogP contribution in [-0.2, 0) is 16.1 Å². The van der Waals surface area contributed by atoms with Gasteiger partial charge in [-0.25, -0.2) is 4.79 Å². The zero-order valence-corrected chi connectivity index (χ0v) is 23.1. The summed E-state index contributed by atoms with van der Waals surface area (Å²) in [5.41, 5.74) is 1.05. The van der Waals surface area contributed by atoms with E-state index in [1.54, 1.807) is 6.07 Å². The fourth-order valence-electron chi connectivity index (χ4n) is 4.55. The molecule has 1 aliphatic rings. The molecule has 2 heterocycles. The molecule has 13 heteroatoms. The standard InChI is InChI=1S/C29H34N2O11/c1-3-4-5-10-40-24-14(2)6-8-16-12-17(27(37)31-20(16)24)26(36)30-13-15-7-9-18(32)19(11-15)41-29-23(35)21(33)22(34)25(42-29)28(38)39/h6-9,11-12,21-23,25,29,32-35H,3-5,10,13H2,1-2H3,(H,30,36)(H,31,37)(H,38,39)/t21-,22-,23?,25-,29?/m1/s1. The van der Waals surface area contributed by atoms with Crippen molar-refractivity contribution in [1.82, 2.24) is 10.3 Å². The van der Waals surface area contributed by atoms with E-state index >= 15 is 0 Å². The number of nitrogens with one attached hydrogen (secondary N) is 2. The molecule has 3 aromatic rings. The molecule has 13 nitrogen and oxygen atoms in total. The first-order valence-electron chi connectivity index (χ1n) is 13.5. The number of benzene rings is 2. The summed E-state index contributed by atoms with van der Waals surface area (Å²) in [6.45, 7) is 4.38. The first-order valence-corrected chi connectivity index (χ1v) is 13.5. The van der Waals surface area contributed by atoms with Crippen LogP contribution < -0.4 is 20.3 Å². The fraction of sp³-hybridized carbons (Fsp3) is 0.414. The van der Waals surface area contributed by atoms with Crippen LogP contribution in [0.4, 0.5) is 0 Å². The second kappa shape index (κ2) is 13.2. The maximum atomic E-state index is 13.0. The zero-order chi connectivity index (χ0) is 30.6. The number of phenolic OH excluding ortho intramolecular Hbond substituents is 1. The van der Waals surface area contributed by atoms with E-state index in [0.717, 1.165) is 24.8 Å². The van der Waals surface area contributed by atoms with Gasteiger partial charge >= 0.3 is 5.97 Å². The second-order valence-corrected chi connectivity index (χ2v) is 10.1. The van der Waals surface area contributed by atoms with Gasteiger partial charge < -0.3 is 50.0 Å². The van der Waals surface area contributed by atoms with Crippen molar-refractivity contribution in [2.24, 2.45) is 0 Å². The number of pyridine rings is 1. The number of aromatic amines is 1. The number of hydrogen-bond acceptors (Lipinski definition) is 10. The molecule has 1 amide bonds. The van der Waals surface area contributed by atoms with E-state index in [4.69, 9.17) is 14.2 Å². The summed E-state index contributed by atoms with van der Waals surface area (Å²) in [5.74, 6) is -2.33. The number of unbranched alkanes of at least 4 members (excludes halogenated alkanes) is 2. The minimum Gasteiger partial charge on any atom is -0.504 e. The average Bonchev–Trinajstić information content (AvgIpc) is 2.96. The highest BCUT2D eigenvalue weighted by atomic mass is 16.7. The SMILES string of the molecule is CCCCCOc1c(C)ccc2cc(C(=O)NCc3ccc(O)c(OC4O[C@@H](C(=O)O)[C@H](O)[C@@H](O)C4O)c3)c(=O)[nH]c12. The van der Waals surface area contributed by atoms with Gasteiger partial charge in [0, 0.05) is 11.9 Å². The molecule has 0 saturated carbocycles. The highest BCUT2D eigenvalue weighted by molar-refractivity contribution is 5.98. The molecule has 0 bridgehead atoms. The summed E-state index contributed by atoms with van der Waals surface area (Å²) >= 11 is 0. The van der Waals surface area contributed by atoms with E-state index in [2.05, 4.69) is 17.2 Å². The molecule has 0 spiro atoms. The summed E-state index contributed by atoms with van der Waals surface area (Å²) < 4.78 is 16.4. The Morgan fingerprint density at radius 2 is 1.81 bits per heavy atom. The predicted octanol–water partition coefficient (Wildman–Crippen LogP) is 1.31. The number of aromatic nitrogens is 1. The van der Waals surface area contributed by atoms with Crippen molar-refractivity contribution in [3.8, 4) is 17.2 Å². The monoisotopic (exact) mass is 586 g/mol. The molecule has 42 heavy (non-hydrogen) atoms. The Kier molecular flexibility index (Phi) is 9.68. The van der Waals surface area contributed by atoms with E-state index in [9.17, 15) is 39.9 Å². The Bertz CT molecular complexity index is 1500. The molecule has 7 N–H and O–H groups in total. The molecule has 1 aromatic heterocycles. The number of fused-ring (bicyclic) bond motifs is 1. The number of carboxylic acid groups (broad SMARTS) is 1. The topological polar surface area (TPSA) is 208 Å². The smallest absolute Gasteiger partial charge is 0.335 e. The van der Waals surface area contributed by atoms with Crippen molar-refractivity contribution in [2.75, 3.05) is 6.61 Å². The van der Waals surface area contributed by atoms with Crippen LogP contribution in [0.3, 0.4) is 0 Å². The number of amides is 1. The van der Waals surface area contributed by atoms with Crippen LogP contribution in [0, 0.1) is 6.92 Å². The number of aryl methyl sites for hydroxylation is 1. The lowest BCUT2D eigenvalue weighted by Crippen LogP contribution is -2.61. The number of carbonyl (C=O) groups excluding carboxylic acids is 1. The number of aliphatic hydroxyl groups excluding tert-OH is 3.